The molecule has 1 aliphatic rings. The van der Waals surface area contributed by atoms with E-state index in [4.69, 9.17) is 37.9 Å². The molecule has 14 heteroatoms. The molecule has 2 heterocycles. The molecule has 0 spiro atoms. The van der Waals surface area contributed by atoms with Crippen molar-refractivity contribution in [3.8, 4) is 11.6 Å². The van der Waals surface area contributed by atoms with Gasteiger partial charge in [-0.15, -0.1) is 5.10 Å². The zero-order valence-corrected chi connectivity index (χ0v) is 29.7. The molecule has 276 valence electrons. The van der Waals surface area contributed by atoms with Gasteiger partial charge in [-0.3, -0.25) is 24.3 Å². The molecule has 0 amide bonds. The number of esters is 4. The minimum Gasteiger partial charge on any atom is -0.494 e. The third-order valence-corrected chi connectivity index (χ3v) is 7.73. The number of hydrogen-bond donors (Lipinski definition) is 1. The number of nitrogens with one attached hydrogen (secondary N) is 1. The number of aromatic nitrogens is 2. The fourth-order valence-electron chi connectivity index (χ4n) is 5.52. The second-order valence-electron chi connectivity index (χ2n) is 12.3. The Kier molecular flexibility index (Phi) is 14.4. The second-order valence-corrected chi connectivity index (χ2v) is 12.3. The Morgan fingerprint density at radius 1 is 0.784 bits per heavy atom. The minimum absolute atomic E-state index is 0.0203. The van der Waals surface area contributed by atoms with Crippen molar-refractivity contribution in [3.63, 3.8) is 0 Å². The van der Waals surface area contributed by atoms with Gasteiger partial charge in [0.25, 0.3) is 0 Å². The predicted octanol–water partition coefficient (Wildman–Crippen LogP) is 4.57. The third kappa shape index (κ3) is 11.8. The van der Waals surface area contributed by atoms with E-state index in [0.717, 1.165) is 44.0 Å². The highest BCUT2D eigenvalue weighted by Gasteiger charge is 2.53. The zero-order valence-electron chi connectivity index (χ0n) is 29.7. The van der Waals surface area contributed by atoms with Crippen LogP contribution in [0.1, 0.15) is 76.3 Å². The number of hydrogen-bond acceptors (Lipinski definition) is 13. The van der Waals surface area contributed by atoms with Gasteiger partial charge in [0.15, 0.2) is 12.2 Å². The molecule has 51 heavy (non-hydrogen) atoms. The largest absolute Gasteiger partial charge is 0.494 e. The van der Waals surface area contributed by atoms with Crippen LogP contribution in [0.2, 0.25) is 0 Å². The summed E-state index contributed by atoms with van der Waals surface area (Å²) in [4.78, 5) is 48.3. The van der Waals surface area contributed by atoms with E-state index in [9.17, 15) is 19.2 Å². The van der Waals surface area contributed by atoms with E-state index >= 15 is 0 Å². The lowest BCUT2D eigenvalue weighted by molar-refractivity contribution is -0.289. The Balaban J connectivity index is 1.50. The fraction of sp³-hybridized carbons (Fsp3) is 0.486. The summed E-state index contributed by atoms with van der Waals surface area (Å²) in [7, 11) is 0. The lowest BCUT2D eigenvalue weighted by atomic mass is 9.97. The highest BCUT2D eigenvalue weighted by Crippen LogP contribution is 2.34. The van der Waals surface area contributed by atoms with Crippen LogP contribution in [0, 0.1) is 0 Å². The van der Waals surface area contributed by atoms with Crippen molar-refractivity contribution in [3.05, 3.63) is 77.0 Å². The molecule has 1 N–H and O–H groups in total. The molecule has 1 aliphatic heterocycles. The molecule has 5 atom stereocenters. The van der Waals surface area contributed by atoms with Gasteiger partial charge in [-0.1, -0.05) is 56.3 Å². The molecule has 4 rings (SSSR count). The highest BCUT2D eigenvalue weighted by atomic mass is 16.7. The number of ether oxygens (including phenoxy) is 8. The van der Waals surface area contributed by atoms with Crippen molar-refractivity contribution in [1.29, 1.82) is 0 Å². The van der Waals surface area contributed by atoms with Crippen molar-refractivity contribution in [2.45, 2.75) is 97.6 Å². The number of aromatic amines is 1. The van der Waals surface area contributed by atoms with Crippen LogP contribution < -0.4 is 9.47 Å². The predicted molar refractivity (Wildman–Crippen MR) is 181 cm³/mol. The lowest BCUT2D eigenvalue weighted by Crippen LogP contribution is -2.63. The number of nitrogens with zero attached hydrogens (tertiary/aromatic N) is 1. The van der Waals surface area contributed by atoms with Crippen molar-refractivity contribution in [2.75, 3.05) is 19.8 Å². The van der Waals surface area contributed by atoms with E-state index in [0.29, 0.717) is 37.6 Å². The maximum Gasteiger partial charge on any atom is 0.303 e. The van der Waals surface area contributed by atoms with Gasteiger partial charge in [0.2, 0.25) is 18.3 Å². The van der Waals surface area contributed by atoms with Crippen LogP contribution in [0.25, 0.3) is 0 Å². The first-order chi connectivity index (χ1) is 24.4. The van der Waals surface area contributed by atoms with E-state index in [-0.39, 0.29) is 18.4 Å². The smallest absolute Gasteiger partial charge is 0.303 e. The molecule has 2 aromatic carbocycles. The standard InChI is InChI=1S/C37H46N2O12/c1-22(2)32-30(19-27-13-15-29(16-14-27)45-18-10-17-44-20-28-11-8-7-9-12-28)36(39-38-32)51-37-35(49-26(6)43)34(48-25(5)42)33(47-24(4)41)31(50-37)21-46-23(3)40/h7-9,11-16,22,31,33-35,37H,10,17-21H2,1-6H3,(H,38,39)/t31-,33-,34+,35-,37?/m1/s1. The maximum atomic E-state index is 12.3. The normalized spacial score (nSPS) is 19.9. The maximum absolute atomic E-state index is 12.3. The molecular weight excluding hydrogens is 664 g/mol. The summed E-state index contributed by atoms with van der Waals surface area (Å²) in [6.07, 6.45) is -5.50. The van der Waals surface area contributed by atoms with Gasteiger partial charge in [-0.25, -0.2) is 0 Å². The van der Waals surface area contributed by atoms with Crippen molar-refractivity contribution < 1.29 is 57.1 Å². The van der Waals surface area contributed by atoms with Crippen LogP contribution in [0.15, 0.2) is 54.6 Å². The van der Waals surface area contributed by atoms with E-state index in [1.807, 2.05) is 68.4 Å². The van der Waals surface area contributed by atoms with Crippen LogP contribution in [0.5, 0.6) is 11.6 Å². The van der Waals surface area contributed by atoms with E-state index < -0.39 is 54.6 Å². The van der Waals surface area contributed by atoms with E-state index in [1.165, 1.54) is 6.92 Å². The molecule has 3 aromatic rings. The average molecular weight is 711 g/mol. The van der Waals surface area contributed by atoms with Crippen LogP contribution in [0.4, 0.5) is 0 Å². The van der Waals surface area contributed by atoms with Gasteiger partial charge in [0.05, 0.1) is 19.8 Å². The summed E-state index contributed by atoms with van der Waals surface area (Å²) in [5, 5.41) is 7.45. The van der Waals surface area contributed by atoms with Gasteiger partial charge in [0, 0.05) is 51.8 Å². The first-order valence-electron chi connectivity index (χ1n) is 16.8. The summed E-state index contributed by atoms with van der Waals surface area (Å²) in [6, 6.07) is 17.6. The molecule has 1 unspecified atom stereocenters. The Morgan fingerprint density at radius 2 is 1.43 bits per heavy atom. The molecule has 0 bridgehead atoms. The molecular formula is C37H46N2O12. The number of benzene rings is 2. The molecule has 0 radical (unpaired) electrons. The van der Waals surface area contributed by atoms with Gasteiger partial charge < -0.3 is 37.9 Å². The third-order valence-electron chi connectivity index (χ3n) is 7.73. The topological polar surface area (TPSA) is 171 Å². The van der Waals surface area contributed by atoms with E-state index in [1.54, 1.807) is 0 Å². The number of H-pyrrole nitrogens is 1. The van der Waals surface area contributed by atoms with Crippen LogP contribution in [-0.2, 0) is 60.6 Å². The monoisotopic (exact) mass is 710 g/mol. The van der Waals surface area contributed by atoms with Crippen LogP contribution in [0.3, 0.4) is 0 Å². The Hall–Kier alpha value is -4.95. The molecule has 14 nitrogen and oxygen atoms in total. The van der Waals surface area contributed by atoms with E-state index in [2.05, 4.69) is 10.2 Å². The fourth-order valence-corrected chi connectivity index (χ4v) is 5.52. The van der Waals surface area contributed by atoms with Crippen LogP contribution >= 0.6 is 0 Å². The van der Waals surface area contributed by atoms with Gasteiger partial charge in [0.1, 0.15) is 18.5 Å². The van der Waals surface area contributed by atoms with Crippen molar-refractivity contribution >= 4 is 23.9 Å². The van der Waals surface area contributed by atoms with Gasteiger partial charge >= 0.3 is 23.9 Å². The second kappa shape index (κ2) is 18.9. The first-order valence-corrected chi connectivity index (χ1v) is 16.8. The lowest BCUT2D eigenvalue weighted by Gasteiger charge is -2.43. The zero-order chi connectivity index (χ0) is 36.9. The Labute approximate surface area is 297 Å². The number of carbonyl (C=O) groups is 4. The van der Waals surface area contributed by atoms with Crippen molar-refractivity contribution in [1.82, 2.24) is 10.2 Å². The SMILES string of the molecule is CC(=O)OC[C@H]1OC(Oc2n[nH]c(C(C)C)c2Cc2ccc(OCCCOCc3ccccc3)cc2)[C@H](OC(C)=O)[C@@H](OC(C)=O)[C@@H]1OC(C)=O. The first kappa shape index (κ1) is 38.8. The number of carbonyl (C=O) groups excluding carboxylic acids is 4. The molecule has 0 aliphatic carbocycles. The molecule has 1 saturated heterocycles. The summed E-state index contributed by atoms with van der Waals surface area (Å²) in [6.45, 7) is 9.93. The average Bonchev–Trinajstić information content (AvgIpc) is 3.47. The molecule has 0 saturated carbocycles. The van der Waals surface area contributed by atoms with Gasteiger partial charge in [-0.05, 0) is 29.2 Å². The quantitative estimate of drug-likeness (QED) is 0.118. The number of rotatable bonds is 17. The van der Waals surface area contributed by atoms with Crippen molar-refractivity contribution in [2.24, 2.45) is 0 Å². The summed E-state index contributed by atoms with van der Waals surface area (Å²) in [5.74, 6) is -1.94. The Morgan fingerprint density at radius 3 is 2.06 bits per heavy atom. The van der Waals surface area contributed by atoms with Crippen LogP contribution in [-0.4, -0.2) is 84.6 Å². The molecule has 1 aromatic heterocycles. The highest BCUT2D eigenvalue weighted by molar-refractivity contribution is 5.68. The Bertz CT molecular complexity index is 1590. The minimum atomic E-state index is -1.42. The summed E-state index contributed by atoms with van der Waals surface area (Å²) in [5.41, 5.74) is 3.57. The molecule has 1 fully saturated rings. The summed E-state index contributed by atoms with van der Waals surface area (Å²) < 4.78 is 45.8. The summed E-state index contributed by atoms with van der Waals surface area (Å²) >= 11 is 0. The van der Waals surface area contributed by atoms with Gasteiger partial charge in [-0.2, -0.15) is 0 Å².